The molecule has 1 aliphatic heterocycles. The summed E-state index contributed by atoms with van der Waals surface area (Å²) >= 11 is 0. The van der Waals surface area contributed by atoms with E-state index in [1.54, 1.807) is 29.9 Å². The topological polar surface area (TPSA) is 98.9 Å². The van der Waals surface area contributed by atoms with E-state index in [1.807, 2.05) is 35.2 Å². The number of aromatic carboxylic acids is 1. The first kappa shape index (κ1) is 20.1. The second kappa shape index (κ2) is 8.25. The largest absolute Gasteiger partial charge is 0.480 e. The summed E-state index contributed by atoms with van der Waals surface area (Å²) in [6.07, 6.45) is 1.76. The van der Waals surface area contributed by atoms with Crippen LogP contribution >= 0.6 is 0 Å². The predicted octanol–water partition coefficient (Wildman–Crippen LogP) is 2.21. The number of aryl methyl sites for hydroxylation is 1. The Bertz CT molecular complexity index is 1070. The van der Waals surface area contributed by atoms with Gasteiger partial charge in [-0.1, -0.05) is 24.3 Å². The van der Waals surface area contributed by atoms with Gasteiger partial charge in [0.2, 0.25) is 0 Å². The van der Waals surface area contributed by atoms with Gasteiger partial charge in [0, 0.05) is 62.4 Å². The van der Waals surface area contributed by atoms with Gasteiger partial charge in [-0.15, -0.1) is 0 Å². The van der Waals surface area contributed by atoms with Crippen LogP contribution in [0.4, 0.5) is 0 Å². The number of hydrogen-bond donors (Lipinski definition) is 2. The molecule has 156 valence electrons. The van der Waals surface area contributed by atoms with Crippen LogP contribution in [-0.2, 0) is 18.4 Å². The SMILES string of the molecule is Cn1c(C(=O)O)c([C@H](C(=O)O)N2CCN(Cc3ccccn3)CC2)c2ccccc21. The number of carboxylic acids is 2. The number of rotatable bonds is 6. The maximum absolute atomic E-state index is 12.3. The Morgan fingerprint density at radius 3 is 2.37 bits per heavy atom. The minimum absolute atomic E-state index is 0.0273. The number of carbonyl (C=O) groups is 2. The smallest absolute Gasteiger partial charge is 0.352 e. The number of nitrogens with zero attached hydrogens (tertiary/aromatic N) is 4. The summed E-state index contributed by atoms with van der Waals surface area (Å²) < 4.78 is 1.57. The summed E-state index contributed by atoms with van der Waals surface area (Å²) in [5.41, 5.74) is 2.07. The average molecular weight is 408 g/mol. The second-order valence-corrected chi connectivity index (χ2v) is 7.52. The summed E-state index contributed by atoms with van der Waals surface area (Å²) in [5.74, 6) is -2.16. The van der Waals surface area contributed by atoms with Gasteiger partial charge in [-0.25, -0.2) is 4.79 Å². The zero-order chi connectivity index (χ0) is 21.3. The fourth-order valence-corrected chi connectivity index (χ4v) is 4.32. The zero-order valence-electron chi connectivity index (χ0n) is 16.7. The quantitative estimate of drug-likeness (QED) is 0.645. The lowest BCUT2D eigenvalue weighted by atomic mass is 10.00. The Morgan fingerprint density at radius 2 is 1.73 bits per heavy atom. The van der Waals surface area contributed by atoms with E-state index < -0.39 is 18.0 Å². The molecule has 8 nitrogen and oxygen atoms in total. The van der Waals surface area contributed by atoms with Crippen LogP contribution in [0.1, 0.15) is 27.8 Å². The molecule has 1 aromatic carbocycles. The van der Waals surface area contributed by atoms with Gasteiger partial charge in [0.15, 0.2) is 0 Å². The van der Waals surface area contributed by atoms with Crippen molar-refractivity contribution in [2.45, 2.75) is 12.6 Å². The highest BCUT2D eigenvalue weighted by molar-refractivity contribution is 6.01. The van der Waals surface area contributed by atoms with Crippen LogP contribution in [0.2, 0.25) is 0 Å². The van der Waals surface area contributed by atoms with Crippen LogP contribution in [0, 0.1) is 0 Å². The molecule has 0 amide bonds. The molecule has 0 spiro atoms. The van der Waals surface area contributed by atoms with Crippen LogP contribution in [0.5, 0.6) is 0 Å². The van der Waals surface area contributed by atoms with Crippen LogP contribution in [0.25, 0.3) is 10.9 Å². The van der Waals surface area contributed by atoms with E-state index in [0.29, 0.717) is 49.2 Å². The van der Waals surface area contributed by atoms with Gasteiger partial charge in [0.1, 0.15) is 11.7 Å². The average Bonchev–Trinajstić information content (AvgIpc) is 3.03. The van der Waals surface area contributed by atoms with E-state index in [9.17, 15) is 19.8 Å². The third-order valence-electron chi connectivity index (χ3n) is 5.74. The summed E-state index contributed by atoms with van der Waals surface area (Å²) in [7, 11) is 1.67. The number of benzene rings is 1. The summed E-state index contributed by atoms with van der Waals surface area (Å²) in [6, 6.07) is 12.0. The van der Waals surface area contributed by atoms with Crippen molar-refractivity contribution in [1.29, 1.82) is 0 Å². The zero-order valence-corrected chi connectivity index (χ0v) is 16.7. The molecule has 0 bridgehead atoms. The van der Waals surface area contributed by atoms with Gasteiger partial charge in [0.05, 0.1) is 5.69 Å². The van der Waals surface area contributed by atoms with Crippen molar-refractivity contribution in [1.82, 2.24) is 19.4 Å². The van der Waals surface area contributed by atoms with Gasteiger partial charge in [-0.2, -0.15) is 0 Å². The molecule has 30 heavy (non-hydrogen) atoms. The van der Waals surface area contributed by atoms with E-state index in [-0.39, 0.29) is 5.69 Å². The fraction of sp³-hybridized carbons (Fsp3) is 0.318. The van der Waals surface area contributed by atoms with Crippen molar-refractivity contribution in [3.63, 3.8) is 0 Å². The van der Waals surface area contributed by atoms with Gasteiger partial charge < -0.3 is 14.8 Å². The van der Waals surface area contributed by atoms with Gasteiger partial charge in [-0.05, 0) is 18.2 Å². The Balaban J connectivity index is 1.63. The highest BCUT2D eigenvalue weighted by atomic mass is 16.4. The van der Waals surface area contributed by atoms with Crippen molar-refractivity contribution in [3.05, 3.63) is 65.6 Å². The number of pyridine rings is 1. The molecule has 3 heterocycles. The van der Waals surface area contributed by atoms with E-state index in [4.69, 9.17) is 0 Å². The number of para-hydroxylation sites is 1. The summed E-state index contributed by atoms with van der Waals surface area (Å²) in [5, 5.41) is 20.6. The van der Waals surface area contributed by atoms with Gasteiger partial charge >= 0.3 is 11.9 Å². The third kappa shape index (κ3) is 3.67. The Morgan fingerprint density at radius 1 is 1.03 bits per heavy atom. The standard InChI is InChI=1S/C22H24N4O4/c1-24-17-8-3-2-7-16(17)18(19(24)21(27)28)20(22(29)30)26-12-10-25(11-13-26)14-15-6-4-5-9-23-15/h2-9,20H,10-14H2,1H3,(H,27,28)(H,29,30)/t20-/m1/s1. The van der Waals surface area contributed by atoms with Crippen molar-refractivity contribution in [3.8, 4) is 0 Å². The van der Waals surface area contributed by atoms with Crippen molar-refractivity contribution in [2.75, 3.05) is 26.2 Å². The molecule has 1 atom stereocenters. The predicted molar refractivity (Wildman–Crippen MR) is 111 cm³/mol. The Hall–Kier alpha value is -3.23. The first-order valence-corrected chi connectivity index (χ1v) is 9.87. The molecule has 8 heteroatoms. The minimum atomic E-state index is -1.12. The van der Waals surface area contributed by atoms with Crippen LogP contribution in [-0.4, -0.2) is 67.7 Å². The normalized spacial score (nSPS) is 16.6. The maximum Gasteiger partial charge on any atom is 0.352 e. The van der Waals surface area contributed by atoms with E-state index in [0.717, 1.165) is 5.69 Å². The first-order chi connectivity index (χ1) is 14.5. The number of carboxylic acid groups (broad SMARTS) is 2. The van der Waals surface area contributed by atoms with Gasteiger partial charge in [0.25, 0.3) is 0 Å². The molecule has 0 unspecified atom stereocenters. The Labute approximate surface area is 174 Å². The number of aliphatic carboxylic acids is 1. The molecular formula is C22H24N4O4. The molecular weight excluding hydrogens is 384 g/mol. The molecule has 1 fully saturated rings. The molecule has 1 aliphatic rings. The van der Waals surface area contributed by atoms with Crippen molar-refractivity contribution >= 4 is 22.8 Å². The Kier molecular flexibility index (Phi) is 5.52. The summed E-state index contributed by atoms with van der Waals surface area (Å²) in [4.78, 5) is 32.8. The molecule has 0 saturated carbocycles. The number of fused-ring (bicyclic) bond motifs is 1. The first-order valence-electron chi connectivity index (χ1n) is 9.87. The van der Waals surface area contributed by atoms with E-state index in [1.165, 1.54) is 0 Å². The second-order valence-electron chi connectivity index (χ2n) is 7.52. The minimum Gasteiger partial charge on any atom is -0.480 e. The molecule has 0 radical (unpaired) electrons. The van der Waals surface area contributed by atoms with Crippen LogP contribution in [0.15, 0.2) is 48.7 Å². The lowest BCUT2D eigenvalue weighted by Gasteiger charge is -2.37. The molecule has 4 rings (SSSR count). The maximum atomic E-state index is 12.3. The lowest BCUT2D eigenvalue weighted by molar-refractivity contribution is -0.144. The number of hydrogen-bond acceptors (Lipinski definition) is 5. The van der Waals surface area contributed by atoms with Gasteiger partial charge in [-0.3, -0.25) is 19.6 Å². The van der Waals surface area contributed by atoms with Crippen molar-refractivity contribution in [2.24, 2.45) is 7.05 Å². The molecule has 1 saturated heterocycles. The monoisotopic (exact) mass is 408 g/mol. The number of aromatic nitrogens is 2. The highest BCUT2D eigenvalue weighted by Crippen LogP contribution is 2.34. The lowest BCUT2D eigenvalue weighted by Crippen LogP contribution is -2.49. The highest BCUT2D eigenvalue weighted by Gasteiger charge is 2.36. The third-order valence-corrected chi connectivity index (χ3v) is 5.74. The molecule has 2 aromatic heterocycles. The van der Waals surface area contributed by atoms with E-state index in [2.05, 4.69) is 9.88 Å². The fourth-order valence-electron chi connectivity index (χ4n) is 4.32. The van der Waals surface area contributed by atoms with Crippen LogP contribution in [0.3, 0.4) is 0 Å². The molecule has 2 N–H and O–H groups in total. The van der Waals surface area contributed by atoms with Crippen molar-refractivity contribution < 1.29 is 19.8 Å². The van der Waals surface area contributed by atoms with E-state index >= 15 is 0 Å². The number of piperazine rings is 1. The molecule has 0 aliphatic carbocycles. The van der Waals surface area contributed by atoms with Crippen LogP contribution < -0.4 is 0 Å². The molecule has 3 aromatic rings. The summed E-state index contributed by atoms with van der Waals surface area (Å²) in [6.45, 7) is 3.15.